The first-order chi connectivity index (χ1) is 6.72. The summed E-state index contributed by atoms with van der Waals surface area (Å²) in [4.78, 5) is 2.53. The molecule has 82 valence electrons. The third kappa shape index (κ3) is 4.58. The van der Waals surface area contributed by atoms with E-state index in [4.69, 9.17) is 0 Å². The van der Waals surface area contributed by atoms with E-state index < -0.39 is 0 Å². The molecule has 1 aliphatic heterocycles. The Bertz CT molecular complexity index is 182. The van der Waals surface area contributed by atoms with Crippen molar-refractivity contribution in [1.29, 1.82) is 0 Å². The van der Waals surface area contributed by atoms with E-state index in [1.165, 1.54) is 38.9 Å². The van der Waals surface area contributed by atoms with Gasteiger partial charge < -0.3 is 10.2 Å². The Morgan fingerprint density at radius 2 is 2.29 bits per heavy atom. The zero-order valence-corrected chi connectivity index (χ0v) is 10.6. The molecule has 1 aliphatic rings. The highest BCUT2D eigenvalue weighted by Crippen LogP contribution is 2.11. The number of rotatable bonds is 4. The van der Waals surface area contributed by atoms with Crippen LogP contribution in [0.15, 0.2) is 11.1 Å². The van der Waals surface area contributed by atoms with Crippen LogP contribution in [0, 0.1) is 0 Å². The lowest BCUT2D eigenvalue weighted by Gasteiger charge is -2.18. The van der Waals surface area contributed by atoms with Crippen molar-refractivity contribution in [2.45, 2.75) is 32.2 Å². The molecule has 0 amide bonds. The maximum Gasteiger partial charge on any atom is 0.0268 e. The van der Waals surface area contributed by atoms with Gasteiger partial charge in [0.05, 0.1) is 0 Å². The van der Waals surface area contributed by atoms with E-state index in [0.29, 0.717) is 6.04 Å². The molecule has 0 spiro atoms. The van der Waals surface area contributed by atoms with Gasteiger partial charge >= 0.3 is 0 Å². The third-order valence-corrected chi connectivity index (χ3v) is 3.13. The van der Waals surface area contributed by atoms with Gasteiger partial charge in [-0.15, -0.1) is 0 Å². The average molecular weight is 261 g/mol. The van der Waals surface area contributed by atoms with Crippen molar-refractivity contribution in [2.24, 2.45) is 0 Å². The van der Waals surface area contributed by atoms with Gasteiger partial charge in [0.1, 0.15) is 0 Å². The zero-order chi connectivity index (χ0) is 10.4. The summed E-state index contributed by atoms with van der Waals surface area (Å²) in [5.74, 6) is 0. The highest BCUT2D eigenvalue weighted by Gasteiger charge is 2.14. The Kier molecular flexibility index (Phi) is 5.75. The number of hydrogen-bond acceptors (Lipinski definition) is 2. The minimum absolute atomic E-state index is 0.681. The molecule has 0 aromatic heterocycles. The molecular weight excluding hydrogens is 240 g/mol. The Morgan fingerprint density at radius 1 is 1.50 bits per heavy atom. The number of halogens is 1. The molecule has 0 saturated carbocycles. The van der Waals surface area contributed by atoms with Gasteiger partial charge in [0.25, 0.3) is 0 Å². The molecule has 2 nitrogen and oxygen atoms in total. The van der Waals surface area contributed by atoms with E-state index >= 15 is 0 Å². The molecule has 1 atom stereocenters. The second kappa shape index (κ2) is 6.59. The van der Waals surface area contributed by atoms with E-state index in [0.717, 1.165) is 11.0 Å². The Hall–Kier alpha value is 0.140. The van der Waals surface area contributed by atoms with Crippen LogP contribution in [0.2, 0.25) is 0 Å². The van der Waals surface area contributed by atoms with E-state index in [1.807, 2.05) is 0 Å². The fourth-order valence-corrected chi connectivity index (χ4v) is 2.09. The maximum absolute atomic E-state index is 3.84. The normalized spacial score (nSPS) is 24.6. The molecule has 0 aliphatic carbocycles. The minimum Gasteiger partial charge on any atom is -0.309 e. The lowest BCUT2D eigenvalue weighted by molar-refractivity contribution is 0.297. The predicted molar refractivity (Wildman–Crippen MR) is 65.8 cm³/mol. The molecule has 3 heteroatoms. The molecule has 0 aromatic carbocycles. The first kappa shape index (κ1) is 12.2. The molecular formula is C11H21BrN2. The summed E-state index contributed by atoms with van der Waals surface area (Å²) in [6, 6.07) is 0.681. The average Bonchev–Trinajstić information content (AvgIpc) is 2.39. The summed E-state index contributed by atoms with van der Waals surface area (Å²) in [5, 5.41) is 3.53. The summed E-state index contributed by atoms with van der Waals surface area (Å²) in [7, 11) is 0. The summed E-state index contributed by atoms with van der Waals surface area (Å²) >= 11 is 3.38. The lowest BCUT2D eigenvalue weighted by atomic mass is 10.1. The molecule has 1 N–H and O–H groups in total. The molecule has 1 rings (SSSR count). The zero-order valence-electron chi connectivity index (χ0n) is 9.06. The first-order valence-corrected chi connectivity index (χ1v) is 6.30. The summed E-state index contributed by atoms with van der Waals surface area (Å²) in [6.45, 7) is 10.7. The van der Waals surface area contributed by atoms with Crippen LogP contribution in [-0.4, -0.2) is 37.1 Å². The van der Waals surface area contributed by atoms with Crippen molar-refractivity contribution >= 4 is 15.9 Å². The van der Waals surface area contributed by atoms with Gasteiger partial charge in [0, 0.05) is 17.1 Å². The quantitative estimate of drug-likeness (QED) is 0.835. The number of nitrogens with zero attached hydrogens (tertiary/aromatic N) is 1. The Labute approximate surface area is 95.9 Å². The predicted octanol–water partition coefficient (Wildman–Crippen LogP) is 2.36. The maximum atomic E-state index is 3.84. The lowest BCUT2D eigenvalue weighted by Crippen LogP contribution is -2.31. The van der Waals surface area contributed by atoms with Crippen LogP contribution in [-0.2, 0) is 0 Å². The SMILES string of the molecule is C=C(Br)CNC1CCCN(CC)CC1. The highest BCUT2D eigenvalue weighted by molar-refractivity contribution is 9.11. The molecule has 1 fully saturated rings. The highest BCUT2D eigenvalue weighted by atomic mass is 79.9. The first-order valence-electron chi connectivity index (χ1n) is 5.51. The van der Waals surface area contributed by atoms with Gasteiger partial charge in [0.2, 0.25) is 0 Å². The van der Waals surface area contributed by atoms with Gasteiger partial charge in [-0.05, 0) is 38.9 Å². The topological polar surface area (TPSA) is 15.3 Å². The van der Waals surface area contributed by atoms with E-state index in [2.05, 4.69) is 39.6 Å². The molecule has 1 unspecified atom stereocenters. The van der Waals surface area contributed by atoms with Crippen molar-refractivity contribution in [3.63, 3.8) is 0 Å². The van der Waals surface area contributed by atoms with E-state index in [-0.39, 0.29) is 0 Å². The number of hydrogen-bond donors (Lipinski definition) is 1. The van der Waals surface area contributed by atoms with Crippen LogP contribution in [0.1, 0.15) is 26.2 Å². The minimum atomic E-state index is 0.681. The van der Waals surface area contributed by atoms with Crippen molar-refractivity contribution < 1.29 is 0 Å². The molecule has 0 bridgehead atoms. The smallest absolute Gasteiger partial charge is 0.0268 e. The third-order valence-electron chi connectivity index (χ3n) is 2.85. The standard InChI is InChI=1S/C11H21BrN2/c1-3-14-7-4-5-11(6-8-14)13-9-10(2)12/h11,13H,2-9H2,1H3. The fourth-order valence-electron chi connectivity index (χ4n) is 1.93. The van der Waals surface area contributed by atoms with Crippen LogP contribution in [0.5, 0.6) is 0 Å². The van der Waals surface area contributed by atoms with Crippen molar-refractivity contribution in [3.05, 3.63) is 11.1 Å². The van der Waals surface area contributed by atoms with E-state index in [1.54, 1.807) is 0 Å². The number of likely N-dealkylation sites (tertiary alicyclic amines) is 1. The summed E-state index contributed by atoms with van der Waals surface area (Å²) in [6.07, 6.45) is 3.89. The summed E-state index contributed by atoms with van der Waals surface area (Å²) in [5.41, 5.74) is 0. The second-order valence-electron chi connectivity index (χ2n) is 3.96. The molecule has 1 heterocycles. The summed E-state index contributed by atoms with van der Waals surface area (Å²) < 4.78 is 1.05. The van der Waals surface area contributed by atoms with Crippen LogP contribution in [0.3, 0.4) is 0 Å². The van der Waals surface area contributed by atoms with Crippen molar-refractivity contribution in [1.82, 2.24) is 10.2 Å². The van der Waals surface area contributed by atoms with Crippen LogP contribution in [0.4, 0.5) is 0 Å². The van der Waals surface area contributed by atoms with Gasteiger partial charge in [-0.2, -0.15) is 0 Å². The van der Waals surface area contributed by atoms with Crippen LogP contribution >= 0.6 is 15.9 Å². The number of nitrogens with one attached hydrogen (secondary N) is 1. The van der Waals surface area contributed by atoms with Crippen LogP contribution < -0.4 is 5.32 Å². The largest absolute Gasteiger partial charge is 0.309 e. The van der Waals surface area contributed by atoms with Crippen molar-refractivity contribution in [3.8, 4) is 0 Å². The Balaban J connectivity index is 2.23. The van der Waals surface area contributed by atoms with Gasteiger partial charge in [0.15, 0.2) is 0 Å². The second-order valence-corrected chi connectivity index (χ2v) is 5.08. The molecule has 0 radical (unpaired) electrons. The fraction of sp³-hybridized carbons (Fsp3) is 0.818. The monoisotopic (exact) mass is 260 g/mol. The van der Waals surface area contributed by atoms with Gasteiger partial charge in [-0.1, -0.05) is 29.4 Å². The molecule has 0 aromatic rings. The van der Waals surface area contributed by atoms with Crippen LogP contribution in [0.25, 0.3) is 0 Å². The molecule has 14 heavy (non-hydrogen) atoms. The Morgan fingerprint density at radius 3 is 2.93 bits per heavy atom. The van der Waals surface area contributed by atoms with Crippen molar-refractivity contribution in [2.75, 3.05) is 26.2 Å². The molecule has 1 saturated heterocycles. The van der Waals surface area contributed by atoms with Gasteiger partial charge in [-0.25, -0.2) is 0 Å². The van der Waals surface area contributed by atoms with E-state index in [9.17, 15) is 0 Å². The van der Waals surface area contributed by atoms with Gasteiger partial charge in [-0.3, -0.25) is 0 Å².